The largest absolute Gasteiger partial charge is 0.468 e. The number of aliphatic imine (C=N–C) groups is 1. The molecule has 1 saturated heterocycles. The number of likely N-dealkylation sites (tertiary alicyclic amines) is 1. The molecule has 0 spiro atoms. The van der Waals surface area contributed by atoms with Crippen molar-refractivity contribution in [3.8, 4) is 0 Å². The zero-order valence-electron chi connectivity index (χ0n) is 16.2. The van der Waals surface area contributed by atoms with E-state index in [9.17, 15) is 0 Å². The van der Waals surface area contributed by atoms with Crippen molar-refractivity contribution in [2.24, 2.45) is 12.0 Å². The van der Waals surface area contributed by atoms with Crippen LogP contribution in [-0.2, 0) is 13.6 Å². The lowest BCUT2D eigenvalue weighted by molar-refractivity contribution is 0.146. The van der Waals surface area contributed by atoms with Crippen LogP contribution in [0.2, 0.25) is 0 Å². The van der Waals surface area contributed by atoms with Gasteiger partial charge < -0.3 is 19.2 Å². The number of nitrogens with zero attached hydrogens (tertiary/aromatic N) is 4. The van der Waals surface area contributed by atoms with Crippen LogP contribution in [-0.4, -0.2) is 54.1 Å². The van der Waals surface area contributed by atoms with Gasteiger partial charge in [-0.25, -0.2) is 0 Å². The maximum Gasteiger partial charge on any atom is 0.193 e. The zero-order chi connectivity index (χ0) is 18.4. The fourth-order valence-electron chi connectivity index (χ4n) is 3.67. The Labute approximate surface area is 156 Å². The molecule has 0 saturated carbocycles. The first-order valence-electron chi connectivity index (χ1n) is 9.48. The molecule has 0 bridgehead atoms. The van der Waals surface area contributed by atoms with Crippen LogP contribution in [0.25, 0.3) is 0 Å². The zero-order valence-corrected chi connectivity index (χ0v) is 16.2. The number of aryl methyl sites for hydroxylation is 1. The maximum atomic E-state index is 5.74. The molecule has 0 amide bonds. The fraction of sp³-hybridized carbons (Fsp3) is 0.550. The Balaban J connectivity index is 1.63. The lowest BCUT2D eigenvalue weighted by Gasteiger charge is -2.34. The van der Waals surface area contributed by atoms with Gasteiger partial charge in [-0.2, -0.15) is 0 Å². The van der Waals surface area contributed by atoms with Crippen LogP contribution >= 0.6 is 0 Å². The van der Waals surface area contributed by atoms with E-state index in [2.05, 4.69) is 63.2 Å². The van der Waals surface area contributed by atoms with Gasteiger partial charge in [0.2, 0.25) is 0 Å². The summed E-state index contributed by atoms with van der Waals surface area (Å²) >= 11 is 0. The first-order chi connectivity index (χ1) is 12.7. The third-order valence-electron chi connectivity index (χ3n) is 5.18. The molecule has 1 aliphatic heterocycles. The Kier molecular flexibility index (Phi) is 6.39. The van der Waals surface area contributed by atoms with Crippen LogP contribution in [0.5, 0.6) is 0 Å². The molecule has 1 N–H and O–H groups in total. The second-order valence-corrected chi connectivity index (χ2v) is 7.02. The fourth-order valence-corrected chi connectivity index (χ4v) is 3.67. The molecule has 142 valence electrons. The van der Waals surface area contributed by atoms with E-state index in [0.717, 1.165) is 37.9 Å². The smallest absolute Gasteiger partial charge is 0.193 e. The summed E-state index contributed by atoms with van der Waals surface area (Å²) < 4.78 is 7.88. The molecule has 6 heteroatoms. The number of furan rings is 1. The minimum absolute atomic E-state index is 0.241. The number of hydrogen-bond donors (Lipinski definition) is 1. The van der Waals surface area contributed by atoms with E-state index in [1.54, 1.807) is 6.26 Å². The highest BCUT2D eigenvalue weighted by Gasteiger charge is 2.25. The van der Waals surface area contributed by atoms with Crippen molar-refractivity contribution < 1.29 is 4.42 Å². The van der Waals surface area contributed by atoms with Gasteiger partial charge in [-0.15, -0.1) is 0 Å². The molecule has 0 aliphatic carbocycles. The van der Waals surface area contributed by atoms with Crippen LogP contribution in [0.4, 0.5) is 0 Å². The van der Waals surface area contributed by atoms with Crippen LogP contribution in [0.15, 0.2) is 46.1 Å². The van der Waals surface area contributed by atoms with Gasteiger partial charge in [0.05, 0.1) is 18.8 Å². The predicted octanol–water partition coefficient (Wildman–Crippen LogP) is 2.85. The van der Waals surface area contributed by atoms with Gasteiger partial charge in [-0.1, -0.05) is 6.42 Å². The summed E-state index contributed by atoms with van der Waals surface area (Å²) in [5.74, 6) is 1.93. The van der Waals surface area contributed by atoms with Gasteiger partial charge in [0.1, 0.15) is 5.76 Å². The topological polar surface area (TPSA) is 48.9 Å². The SMILES string of the molecule is CN=C(NCC(c1ccco1)N1CCCCC1)N(C)Cc1cccn1C. The molecule has 6 nitrogen and oxygen atoms in total. The van der Waals surface area contributed by atoms with Crippen molar-refractivity contribution in [3.05, 3.63) is 48.2 Å². The van der Waals surface area contributed by atoms with Crippen LogP contribution in [0.1, 0.15) is 36.8 Å². The number of piperidine rings is 1. The highest BCUT2D eigenvalue weighted by Crippen LogP contribution is 2.24. The van der Waals surface area contributed by atoms with Crippen LogP contribution in [0.3, 0.4) is 0 Å². The molecule has 3 rings (SSSR count). The Hall–Kier alpha value is -2.21. The summed E-state index contributed by atoms with van der Waals surface area (Å²) in [5.41, 5.74) is 1.26. The molecule has 0 radical (unpaired) electrons. The third kappa shape index (κ3) is 4.49. The molecule has 0 aromatic carbocycles. The highest BCUT2D eigenvalue weighted by atomic mass is 16.3. The number of nitrogens with one attached hydrogen (secondary N) is 1. The van der Waals surface area contributed by atoms with Crippen molar-refractivity contribution >= 4 is 5.96 Å². The van der Waals surface area contributed by atoms with E-state index in [0.29, 0.717) is 0 Å². The molecule has 26 heavy (non-hydrogen) atoms. The van der Waals surface area contributed by atoms with Crippen molar-refractivity contribution in [3.63, 3.8) is 0 Å². The van der Waals surface area contributed by atoms with Gasteiger partial charge >= 0.3 is 0 Å². The number of hydrogen-bond acceptors (Lipinski definition) is 3. The Bertz CT molecular complexity index is 685. The highest BCUT2D eigenvalue weighted by molar-refractivity contribution is 5.79. The molecule has 1 atom stereocenters. The van der Waals surface area contributed by atoms with Crippen molar-refractivity contribution in [1.29, 1.82) is 0 Å². The number of aromatic nitrogens is 1. The molecule has 1 fully saturated rings. The Morgan fingerprint density at radius 1 is 1.27 bits per heavy atom. The lowest BCUT2D eigenvalue weighted by Crippen LogP contribution is -2.44. The molecule has 2 aromatic heterocycles. The second-order valence-electron chi connectivity index (χ2n) is 7.02. The average molecular weight is 358 g/mol. The van der Waals surface area contributed by atoms with E-state index < -0.39 is 0 Å². The molecular formula is C20H31N5O. The summed E-state index contributed by atoms with van der Waals surface area (Å²) in [4.78, 5) is 9.15. The van der Waals surface area contributed by atoms with E-state index in [1.807, 2.05) is 13.1 Å². The average Bonchev–Trinajstić information content (AvgIpc) is 3.32. The van der Waals surface area contributed by atoms with Crippen molar-refractivity contribution in [2.75, 3.05) is 33.7 Å². The van der Waals surface area contributed by atoms with Crippen molar-refractivity contribution in [2.45, 2.75) is 31.8 Å². The standard InChI is InChI=1S/C20H31N5O/c1-21-20(24(3)16-17-9-7-11-23(17)2)22-15-18(19-10-8-14-26-19)25-12-5-4-6-13-25/h7-11,14,18H,4-6,12-13,15-16H2,1-3H3,(H,21,22). The van der Waals surface area contributed by atoms with E-state index in [1.165, 1.54) is 25.0 Å². The molecular weight excluding hydrogens is 326 g/mol. The summed E-state index contributed by atoms with van der Waals surface area (Å²) in [7, 11) is 5.99. The Morgan fingerprint density at radius 3 is 2.69 bits per heavy atom. The predicted molar refractivity (Wildman–Crippen MR) is 105 cm³/mol. The van der Waals surface area contributed by atoms with E-state index >= 15 is 0 Å². The summed E-state index contributed by atoms with van der Waals surface area (Å²) in [6, 6.07) is 8.51. The lowest BCUT2D eigenvalue weighted by atomic mass is 10.1. The number of rotatable bonds is 6. The normalized spacial score (nSPS) is 17.3. The van der Waals surface area contributed by atoms with E-state index in [-0.39, 0.29) is 6.04 Å². The van der Waals surface area contributed by atoms with Gasteiger partial charge in [-0.3, -0.25) is 9.89 Å². The van der Waals surface area contributed by atoms with Crippen LogP contribution < -0.4 is 5.32 Å². The maximum absolute atomic E-state index is 5.74. The molecule has 1 unspecified atom stereocenters. The van der Waals surface area contributed by atoms with Crippen molar-refractivity contribution in [1.82, 2.24) is 19.7 Å². The minimum atomic E-state index is 0.241. The summed E-state index contributed by atoms with van der Waals surface area (Å²) in [6.07, 6.45) is 7.69. The third-order valence-corrected chi connectivity index (χ3v) is 5.18. The first-order valence-corrected chi connectivity index (χ1v) is 9.48. The van der Waals surface area contributed by atoms with Gasteiger partial charge in [0.15, 0.2) is 5.96 Å². The molecule has 1 aliphatic rings. The monoisotopic (exact) mass is 357 g/mol. The van der Waals surface area contributed by atoms with Gasteiger partial charge in [-0.05, 0) is 50.2 Å². The first kappa shape index (κ1) is 18.6. The number of guanidine groups is 1. The summed E-state index contributed by atoms with van der Waals surface area (Å²) in [6.45, 7) is 3.87. The quantitative estimate of drug-likeness (QED) is 0.638. The van der Waals surface area contributed by atoms with E-state index in [4.69, 9.17) is 4.42 Å². The van der Waals surface area contributed by atoms with Gasteiger partial charge in [0.25, 0.3) is 0 Å². The molecule has 3 heterocycles. The Morgan fingerprint density at radius 2 is 2.08 bits per heavy atom. The van der Waals surface area contributed by atoms with Crippen LogP contribution in [0, 0.1) is 0 Å². The molecule has 2 aromatic rings. The van der Waals surface area contributed by atoms with Gasteiger partial charge in [0, 0.05) is 39.6 Å². The minimum Gasteiger partial charge on any atom is -0.468 e. The second kappa shape index (κ2) is 8.94. The summed E-state index contributed by atoms with van der Waals surface area (Å²) in [5, 5.41) is 3.55.